The van der Waals surface area contributed by atoms with Gasteiger partial charge in [0.25, 0.3) is 0 Å². The molecule has 7 heteroatoms. The fourth-order valence-electron chi connectivity index (χ4n) is 5.01. The number of aromatic nitrogens is 2. The second-order valence-electron chi connectivity index (χ2n) is 8.74. The number of ether oxygens (including phenoxy) is 1. The zero-order chi connectivity index (χ0) is 20.4. The molecule has 7 nitrogen and oxygen atoms in total. The lowest BCUT2D eigenvalue weighted by Crippen LogP contribution is -2.40. The first-order valence-electron chi connectivity index (χ1n) is 11.0. The highest BCUT2D eigenvalue weighted by atomic mass is 16.5. The molecular formula is C22H32N4O3. The molecule has 2 fully saturated rings. The van der Waals surface area contributed by atoms with Crippen molar-refractivity contribution in [2.75, 3.05) is 38.3 Å². The van der Waals surface area contributed by atoms with Crippen molar-refractivity contribution in [3.63, 3.8) is 0 Å². The minimum Gasteiger partial charge on any atom is -0.375 e. The number of methoxy groups -OCH3 is 1. The zero-order valence-corrected chi connectivity index (χ0v) is 17.7. The number of likely N-dealkylation sites (tertiary alicyclic amines) is 1. The van der Waals surface area contributed by atoms with Crippen LogP contribution in [-0.4, -0.2) is 60.0 Å². The Morgan fingerprint density at radius 1 is 1.14 bits per heavy atom. The average Bonchev–Trinajstić information content (AvgIpc) is 3.21. The highest BCUT2D eigenvalue weighted by Gasteiger charge is 2.34. The van der Waals surface area contributed by atoms with Gasteiger partial charge in [0.2, 0.25) is 11.8 Å². The first-order valence-corrected chi connectivity index (χ1v) is 11.0. The number of fused-ring (bicyclic) bond motifs is 1. The van der Waals surface area contributed by atoms with Gasteiger partial charge in [-0.3, -0.25) is 14.5 Å². The molecule has 0 radical (unpaired) electrons. The largest absolute Gasteiger partial charge is 0.375 e. The van der Waals surface area contributed by atoms with Gasteiger partial charge in [-0.05, 0) is 38.5 Å². The summed E-state index contributed by atoms with van der Waals surface area (Å²) >= 11 is 0. The van der Waals surface area contributed by atoms with Crippen molar-refractivity contribution in [2.24, 2.45) is 5.92 Å². The Morgan fingerprint density at radius 2 is 1.93 bits per heavy atom. The van der Waals surface area contributed by atoms with Crippen LogP contribution in [0.15, 0.2) is 0 Å². The van der Waals surface area contributed by atoms with E-state index < -0.39 is 0 Å². The van der Waals surface area contributed by atoms with Crippen LogP contribution < -0.4 is 4.90 Å². The molecule has 4 rings (SSSR count). The summed E-state index contributed by atoms with van der Waals surface area (Å²) in [5, 5.41) is 0. The summed E-state index contributed by atoms with van der Waals surface area (Å²) in [6.07, 6.45) is 8.37. The molecule has 3 heterocycles. The van der Waals surface area contributed by atoms with Gasteiger partial charge in [0.05, 0.1) is 0 Å². The molecule has 0 bridgehead atoms. The summed E-state index contributed by atoms with van der Waals surface area (Å²) in [6, 6.07) is 0. The van der Waals surface area contributed by atoms with E-state index in [9.17, 15) is 9.59 Å². The van der Waals surface area contributed by atoms with Crippen LogP contribution in [0.2, 0.25) is 0 Å². The Hall–Kier alpha value is -2.02. The van der Waals surface area contributed by atoms with E-state index in [0.29, 0.717) is 25.4 Å². The Morgan fingerprint density at radius 3 is 2.69 bits per heavy atom. The van der Waals surface area contributed by atoms with Crippen LogP contribution in [0.25, 0.3) is 0 Å². The third-order valence-electron chi connectivity index (χ3n) is 6.69. The molecule has 158 valence electrons. The van der Waals surface area contributed by atoms with E-state index in [-0.39, 0.29) is 24.3 Å². The summed E-state index contributed by atoms with van der Waals surface area (Å²) in [5.41, 5.74) is 2.10. The van der Waals surface area contributed by atoms with Gasteiger partial charge in [-0.25, -0.2) is 9.97 Å². The number of hydrogen-bond donors (Lipinski definition) is 0. The van der Waals surface area contributed by atoms with Crippen molar-refractivity contribution in [1.29, 1.82) is 0 Å². The molecule has 0 aromatic carbocycles. The monoisotopic (exact) mass is 400 g/mol. The van der Waals surface area contributed by atoms with Gasteiger partial charge in [-0.2, -0.15) is 0 Å². The molecule has 0 spiro atoms. The van der Waals surface area contributed by atoms with Gasteiger partial charge in [-0.15, -0.1) is 0 Å². The van der Waals surface area contributed by atoms with Gasteiger partial charge in [0.1, 0.15) is 18.2 Å². The van der Waals surface area contributed by atoms with Crippen molar-refractivity contribution in [3.8, 4) is 0 Å². The van der Waals surface area contributed by atoms with Crippen LogP contribution in [0.5, 0.6) is 0 Å². The van der Waals surface area contributed by atoms with Gasteiger partial charge in [0.15, 0.2) is 0 Å². The first-order chi connectivity index (χ1) is 14.1. The highest BCUT2D eigenvalue weighted by Crippen LogP contribution is 2.34. The maximum absolute atomic E-state index is 12.8. The highest BCUT2D eigenvalue weighted by molar-refractivity contribution is 5.95. The quantitative estimate of drug-likeness (QED) is 0.759. The van der Waals surface area contributed by atoms with Gasteiger partial charge in [0, 0.05) is 50.3 Å². The number of carbonyl (C=O) groups is 2. The van der Waals surface area contributed by atoms with E-state index in [1.54, 1.807) is 7.11 Å². The predicted octanol–water partition coefficient (Wildman–Crippen LogP) is 2.61. The molecule has 0 unspecified atom stereocenters. The molecular weight excluding hydrogens is 368 g/mol. The Labute approximate surface area is 172 Å². The maximum atomic E-state index is 12.8. The Balaban J connectivity index is 1.56. The van der Waals surface area contributed by atoms with E-state index in [1.165, 1.54) is 32.1 Å². The van der Waals surface area contributed by atoms with Crippen molar-refractivity contribution in [1.82, 2.24) is 14.9 Å². The smallest absolute Gasteiger partial charge is 0.248 e. The van der Waals surface area contributed by atoms with E-state index in [4.69, 9.17) is 14.7 Å². The molecule has 1 aliphatic carbocycles. The van der Waals surface area contributed by atoms with Gasteiger partial charge < -0.3 is 9.64 Å². The van der Waals surface area contributed by atoms with Crippen LogP contribution >= 0.6 is 0 Å². The number of amides is 2. The molecule has 1 aromatic heterocycles. The third-order valence-corrected chi connectivity index (χ3v) is 6.69. The second kappa shape index (κ2) is 8.78. The molecule has 2 amide bonds. The number of carbonyl (C=O) groups excluding carboxylic acids is 2. The number of rotatable bonds is 5. The van der Waals surface area contributed by atoms with E-state index >= 15 is 0 Å². The predicted molar refractivity (Wildman–Crippen MR) is 110 cm³/mol. The fourth-order valence-corrected chi connectivity index (χ4v) is 5.01. The number of aryl methyl sites for hydroxylation is 1. The topological polar surface area (TPSA) is 75.6 Å². The normalized spacial score (nSPS) is 22.8. The molecule has 0 N–H and O–H groups in total. The van der Waals surface area contributed by atoms with Crippen molar-refractivity contribution < 1.29 is 14.3 Å². The molecule has 1 aromatic rings. The van der Waals surface area contributed by atoms with Crippen LogP contribution in [0.3, 0.4) is 0 Å². The maximum Gasteiger partial charge on any atom is 0.248 e. The molecule has 3 aliphatic rings. The van der Waals surface area contributed by atoms with Crippen molar-refractivity contribution in [2.45, 2.75) is 64.2 Å². The molecule has 1 atom stereocenters. The second-order valence-corrected chi connectivity index (χ2v) is 8.74. The summed E-state index contributed by atoms with van der Waals surface area (Å²) in [5.74, 6) is 2.50. The summed E-state index contributed by atoms with van der Waals surface area (Å²) < 4.78 is 4.98. The van der Waals surface area contributed by atoms with Crippen LogP contribution in [0.4, 0.5) is 5.82 Å². The SMILES string of the molecule is COCC(=O)N1CC[C@H](c2nc(C)c3c(n2)N(CC2CCCCC2)C(=O)CC3)C1. The Kier molecular flexibility index (Phi) is 6.13. The molecule has 1 saturated carbocycles. The third kappa shape index (κ3) is 4.29. The molecule has 1 saturated heterocycles. The van der Waals surface area contributed by atoms with Crippen LogP contribution in [0.1, 0.15) is 67.9 Å². The number of hydrogen-bond acceptors (Lipinski definition) is 5. The lowest BCUT2D eigenvalue weighted by Gasteiger charge is -2.33. The van der Waals surface area contributed by atoms with Crippen LogP contribution in [0, 0.1) is 12.8 Å². The van der Waals surface area contributed by atoms with E-state index in [1.807, 2.05) is 16.7 Å². The van der Waals surface area contributed by atoms with Crippen LogP contribution in [-0.2, 0) is 20.7 Å². The van der Waals surface area contributed by atoms with E-state index in [2.05, 4.69) is 0 Å². The number of nitrogens with zero attached hydrogens (tertiary/aromatic N) is 4. The van der Waals surface area contributed by atoms with Crippen molar-refractivity contribution >= 4 is 17.6 Å². The fraction of sp³-hybridized carbons (Fsp3) is 0.727. The lowest BCUT2D eigenvalue weighted by atomic mass is 9.88. The lowest BCUT2D eigenvalue weighted by molar-refractivity contribution is -0.134. The standard InChI is InChI=1S/C22H32N4O3/c1-15-18-8-9-19(27)26(12-16-6-4-3-5-7-16)22(18)24-21(23-15)17-10-11-25(13-17)20(28)14-29-2/h16-17H,3-14H2,1-2H3/t17-/m0/s1. The van der Waals surface area contributed by atoms with Crippen molar-refractivity contribution in [3.05, 3.63) is 17.1 Å². The minimum atomic E-state index is 0.0128. The molecule has 2 aliphatic heterocycles. The summed E-state index contributed by atoms with van der Waals surface area (Å²) in [7, 11) is 1.54. The average molecular weight is 401 g/mol. The molecule has 29 heavy (non-hydrogen) atoms. The summed E-state index contributed by atoms with van der Waals surface area (Å²) in [6.45, 7) is 4.25. The zero-order valence-electron chi connectivity index (χ0n) is 17.7. The van der Waals surface area contributed by atoms with Gasteiger partial charge in [-0.1, -0.05) is 19.3 Å². The Bertz CT molecular complexity index is 776. The summed E-state index contributed by atoms with van der Waals surface area (Å²) in [4.78, 5) is 38.4. The number of anilines is 1. The first kappa shape index (κ1) is 20.3. The minimum absolute atomic E-state index is 0.0128. The van der Waals surface area contributed by atoms with E-state index in [0.717, 1.165) is 42.3 Å². The van der Waals surface area contributed by atoms with Gasteiger partial charge >= 0.3 is 0 Å².